The van der Waals surface area contributed by atoms with Crippen LogP contribution >= 0.6 is 0 Å². The van der Waals surface area contributed by atoms with Gasteiger partial charge in [0.1, 0.15) is 0 Å². The van der Waals surface area contributed by atoms with E-state index in [0.29, 0.717) is 0 Å². The van der Waals surface area contributed by atoms with Crippen molar-refractivity contribution in [1.82, 2.24) is 0 Å². The molecule has 0 spiro atoms. The van der Waals surface area contributed by atoms with Crippen molar-refractivity contribution in [2.24, 2.45) is 5.92 Å². The maximum atomic E-state index is 10.7. The van der Waals surface area contributed by atoms with E-state index in [4.69, 9.17) is 0 Å². The minimum atomic E-state index is 0.0211. The summed E-state index contributed by atoms with van der Waals surface area (Å²) >= 11 is 0. The van der Waals surface area contributed by atoms with Gasteiger partial charge in [-0.05, 0) is 41.8 Å². The van der Waals surface area contributed by atoms with Gasteiger partial charge in [-0.2, -0.15) is 0 Å². The molecule has 4 aromatic carbocycles. The number of aliphatic hydroxyl groups is 1. The van der Waals surface area contributed by atoms with Crippen LogP contribution in [-0.2, 0) is 0 Å². The van der Waals surface area contributed by atoms with Crippen molar-refractivity contribution in [3.05, 3.63) is 132 Å². The quantitative estimate of drug-likeness (QED) is 0.365. The Morgan fingerprint density at radius 1 is 0.667 bits per heavy atom. The second kappa shape index (κ2) is 9.93. The SMILES string of the molecule is OC[C@H]1[C@H](Nc2ccccc2)C[C@H](c2ccccc2)N(c2ccccc2)[C@H]1c1ccccc1. The number of aliphatic hydroxyl groups excluding tert-OH is 1. The molecule has 1 heterocycles. The normalized spacial score (nSPS) is 22.6. The van der Waals surface area contributed by atoms with Crippen LogP contribution < -0.4 is 10.2 Å². The fraction of sp³-hybridized carbons (Fsp3) is 0.200. The van der Waals surface area contributed by atoms with Gasteiger partial charge in [-0.3, -0.25) is 0 Å². The van der Waals surface area contributed by atoms with E-state index >= 15 is 0 Å². The maximum absolute atomic E-state index is 10.7. The zero-order valence-electron chi connectivity index (χ0n) is 18.7. The third-order valence-corrected chi connectivity index (χ3v) is 6.75. The first kappa shape index (κ1) is 21.3. The number of para-hydroxylation sites is 2. The molecule has 2 N–H and O–H groups in total. The number of benzene rings is 4. The van der Waals surface area contributed by atoms with Gasteiger partial charge in [0.25, 0.3) is 0 Å². The summed E-state index contributed by atoms with van der Waals surface area (Å²) in [6.45, 7) is 0.106. The molecule has 4 atom stereocenters. The molecule has 0 radical (unpaired) electrons. The molecule has 4 aromatic rings. The summed E-state index contributed by atoms with van der Waals surface area (Å²) in [5.74, 6) is 0.0211. The maximum Gasteiger partial charge on any atom is 0.0618 e. The van der Waals surface area contributed by atoms with Crippen LogP contribution in [0.1, 0.15) is 29.6 Å². The fourth-order valence-corrected chi connectivity index (χ4v) is 5.26. The second-order valence-corrected chi connectivity index (χ2v) is 8.72. The standard InChI is InChI=1S/C30H30N2O/c33-22-27-28(31-25-17-9-3-10-18-25)21-29(23-13-5-1-6-14-23)32(26-19-11-4-12-20-26)30(27)24-15-7-2-8-16-24/h1-20,27-31,33H,21-22H2/t27-,28+,29+,30-/m0/s1. The average Bonchev–Trinajstić information content (AvgIpc) is 2.90. The van der Waals surface area contributed by atoms with Crippen LogP contribution in [-0.4, -0.2) is 17.8 Å². The highest BCUT2D eigenvalue weighted by atomic mass is 16.3. The summed E-state index contributed by atoms with van der Waals surface area (Å²) in [5.41, 5.74) is 4.78. The Kier molecular flexibility index (Phi) is 6.41. The van der Waals surface area contributed by atoms with E-state index in [0.717, 1.165) is 12.1 Å². The average molecular weight is 435 g/mol. The predicted octanol–water partition coefficient (Wildman–Crippen LogP) is 6.47. The molecule has 5 rings (SSSR count). The van der Waals surface area contributed by atoms with Crippen LogP contribution in [0.25, 0.3) is 0 Å². The summed E-state index contributed by atoms with van der Waals surface area (Å²) in [4.78, 5) is 2.52. The molecule has 1 saturated heterocycles. The monoisotopic (exact) mass is 434 g/mol. The lowest BCUT2D eigenvalue weighted by Crippen LogP contribution is -2.51. The Morgan fingerprint density at radius 3 is 1.76 bits per heavy atom. The van der Waals surface area contributed by atoms with Crippen LogP contribution in [0, 0.1) is 5.92 Å². The topological polar surface area (TPSA) is 35.5 Å². The molecule has 0 aromatic heterocycles. The van der Waals surface area contributed by atoms with Crippen LogP contribution in [0.4, 0.5) is 11.4 Å². The molecule has 3 heteroatoms. The summed E-state index contributed by atoms with van der Waals surface area (Å²) in [7, 11) is 0. The second-order valence-electron chi connectivity index (χ2n) is 8.72. The zero-order valence-corrected chi connectivity index (χ0v) is 18.7. The largest absolute Gasteiger partial charge is 0.396 e. The van der Waals surface area contributed by atoms with Gasteiger partial charge in [0.2, 0.25) is 0 Å². The highest BCUT2D eigenvalue weighted by molar-refractivity contribution is 5.54. The lowest BCUT2D eigenvalue weighted by Gasteiger charge is -2.51. The van der Waals surface area contributed by atoms with E-state index in [2.05, 4.69) is 125 Å². The Bertz CT molecular complexity index is 1120. The van der Waals surface area contributed by atoms with Crippen LogP contribution in [0.3, 0.4) is 0 Å². The van der Waals surface area contributed by atoms with Gasteiger partial charge in [0, 0.05) is 23.3 Å². The third kappa shape index (κ3) is 4.50. The summed E-state index contributed by atoms with van der Waals surface area (Å²) in [5, 5.41) is 14.5. The minimum Gasteiger partial charge on any atom is -0.396 e. The summed E-state index contributed by atoms with van der Waals surface area (Å²) < 4.78 is 0. The number of nitrogens with one attached hydrogen (secondary N) is 1. The van der Waals surface area contributed by atoms with E-state index < -0.39 is 0 Å². The van der Waals surface area contributed by atoms with E-state index in [1.807, 2.05) is 6.07 Å². The Morgan fingerprint density at radius 2 is 1.18 bits per heavy atom. The molecular weight excluding hydrogens is 404 g/mol. The molecule has 0 aliphatic carbocycles. The first-order valence-electron chi connectivity index (χ1n) is 11.7. The molecule has 1 aliphatic heterocycles. The minimum absolute atomic E-state index is 0.0211. The predicted molar refractivity (Wildman–Crippen MR) is 136 cm³/mol. The van der Waals surface area contributed by atoms with Crippen LogP contribution in [0.2, 0.25) is 0 Å². The van der Waals surface area contributed by atoms with Crippen molar-refractivity contribution in [2.45, 2.75) is 24.5 Å². The molecule has 33 heavy (non-hydrogen) atoms. The number of hydrogen-bond acceptors (Lipinski definition) is 3. The van der Waals surface area contributed by atoms with Gasteiger partial charge in [0.15, 0.2) is 0 Å². The number of rotatable bonds is 6. The van der Waals surface area contributed by atoms with Crippen LogP contribution in [0.5, 0.6) is 0 Å². The molecule has 0 bridgehead atoms. The van der Waals surface area contributed by atoms with Crippen molar-refractivity contribution in [3.63, 3.8) is 0 Å². The smallest absolute Gasteiger partial charge is 0.0618 e. The van der Waals surface area contributed by atoms with Gasteiger partial charge >= 0.3 is 0 Å². The lowest BCUT2D eigenvalue weighted by atomic mass is 9.76. The third-order valence-electron chi connectivity index (χ3n) is 6.75. The summed E-state index contributed by atoms with van der Waals surface area (Å²) in [6.07, 6.45) is 0.891. The first-order chi connectivity index (χ1) is 16.3. The van der Waals surface area contributed by atoms with Crippen molar-refractivity contribution in [1.29, 1.82) is 0 Å². The number of hydrogen-bond donors (Lipinski definition) is 2. The van der Waals surface area contributed by atoms with E-state index in [1.165, 1.54) is 16.8 Å². The highest BCUT2D eigenvalue weighted by Crippen LogP contribution is 2.48. The zero-order chi connectivity index (χ0) is 22.5. The Balaban J connectivity index is 1.64. The number of piperidine rings is 1. The van der Waals surface area contributed by atoms with E-state index in [-0.39, 0.29) is 30.7 Å². The molecule has 0 saturated carbocycles. The van der Waals surface area contributed by atoms with Crippen LogP contribution in [0.15, 0.2) is 121 Å². The van der Waals surface area contributed by atoms with Crippen molar-refractivity contribution in [3.8, 4) is 0 Å². The Labute approximate surface area is 196 Å². The first-order valence-corrected chi connectivity index (χ1v) is 11.7. The molecule has 1 aliphatic rings. The molecular formula is C30H30N2O. The summed E-state index contributed by atoms with van der Waals surface area (Å²) in [6, 6.07) is 42.7. The Hall–Kier alpha value is -3.56. The fourth-order valence-electron chi connectivity index (χ4n) is 5.26. The van der Waals surface area contributed by atoms with Crippen molar-refractivity contribution >= 4 is 11.4 Å². The van der Waals surface area contributed by atoms with Gasteiger partial charge in [-0.25, -0.2) is 0 Å². The number of nitrogens with zero attached hydrogens (tertiary/aromatic N) is 1. The van der Waals surface area contributed by atoms with E-state index in [9.17, 15) is 5.11 Å². The van der Waals surface area contributed by atoms with Crippen molar-refractivity contribution < 1.29 is 5.11 Å². The van der Waals surface area contributed by atoms with E-state index in [1.54, 1.807) is 0 Å². The molecule has 3 nitrogen and oxygen atoms in total. The molecule has 0 unspecified atom stereocenters. The van der Waals surface area contributed by atoms with Crippen molar-refractivity contribution in [2.75, 3.05) is 16.8 Å². The van der Waals surface area contributed by atoms with Gasteiger partial charge in [-0.1, -0.05) is 97.1 Å². The lowest BCUT2D eigenvalue weighted by molar-refractivity contribution is 0.149. The van der Waals surface area contributed by atoms with Gasteiger partial charge < -0.3 is 15.3 Å². The molecule has 0 amide bonds. The number of anilines is 2. The molecule has 1 fully saturated rings. The molecule has 166 valence electrons. The van der Waals surface area contributed by atoms with Gasteiger partial charge in [0.05, 0.1) is 18.7 Å². The van der Waals surface area contributed by atoms with Gasteiger partial charge in [-0.15, -0.1) is 0 Å². The highest BCUT2D eigenvalue weighted by Gasteiger charge is 2.44.